The largest absolute Gasteiger partial charge is 0.240 e. The van der Waals surface area contributed by atoms with E-state index in [1.807, 2.05) is 19.1 Å². The molecule has 1 nitrogen and oxygen atoms in total. The number of hydrogen-bond donors (Lipinski definition) is 0. The summed E-state index contributed by atoms with van der Waals surface area (Å²) in [5.74, 6) is 0. The summed E-state index contributed by atoms with van der Waals surface area (Å²) >= 11 is 11.0. The standard InChI is InChI=1S/C8H5BrClNS/c1-4-11-7-5(9)2-3-6(10)8(7)12-4/h2-3H,1H3. The average molecular weight is 263 g/mol. The van der Waals surface area contributed by atoms with Crippen LogP contribution in [0.5, 0.6) is 0 Å². The first-order valence-electron chi connectivity index (χ1n) is 3.39. The van der Waals surface area contributed by atoms with E-state index in [1.54, 1.807) is 11.3 Å². The maximum Gasteiger partial charge on any atom is 0.0972 e. The maximum absolute atomic E-state index is 5.99. The number of fused-ring (bicyclic) bond motifs is 1. The van der Waals surface area contributed by atoms with Crippen LogP contribution in [-0.2, 0) is 0 Å². The number of aryl methyl sites for hydroxylation is 1. The molecule has 0 radical (unpaired) electrons. The molecule has 2 rings (SSSR count). The van der Waals surface area contributed by atoms with Crippen molar-refractivity contribution in [1.29, 1.82) is 0 Å². The van der Waals surface area contributed by atoms with Gasteiger partial charge in [-0.25, -0.2) is 4.98 Å². The van der Waals surface area contributed by atoms with Crippen molar-refractivity contribution in [1.82, 2.24) is 4.98 Å². The van der Waals surface area contributed by atoms with Crippen LogP contribution in [0, 0.1) is 6.92 Å². The lowest BCUT2D eigenvalue weighted by Crippen LogP contribution is -1.72. The van der Waals surface area contributed by atoms with Crippen molar-refractivity contribution in [3.63, 3.8) is 0 Å². The number of aromatic nitrogens is 1. The van der Waals surface area contributed by atoms with Crippen molar-refractivity contribution >= 4 is 49.1 Å². The predicted molar refractivity (Wildman–Crippen MR) is 57.1 cm³/mol. The topological polar surface area (TPSA) is 12.9 Å². The summed E-state index contributed by atoms with van der Waals surface area (Å²) in [7, 11) is 0. The molecule has 0 atom stereocenters. The monoisotopic (exact) mass is 261 g/mol. The molecule has 0 N–H and O–H groups in total. The van der Waals surface area contributed by atoms with Gasteiger partial charge in [0, 0.05) is 4.47 Å². The molecule has 0 aliphatic carbocycles. The minimum atomic E-state index is 0.777. The molecule has 1 aromatic carbocycles. The van der Waals surface area contributed by atoms with Crippen LogP contribution < -0.4 is 0 Å². The van der Waals surface area contributed by atoms with Crippen molar-refractivity contribution in [3.05, 3.63) is 26.6 Å². The first kappa shape index (κ1) is 8.48. The summed E-state index contributed by atoms with van der Waals surface area (Å²) in [6.45, 7) is 1.98. The zero-order valence-electron chi connectivity index (χ0n) is 6.27. The van der Waals surface area contributed by atoms with E-state index in [4.69, 9.17) is 11.6 Å². The minimum absolute atomic E-state index is 0.777. The Morgan fingerprint density at radius 3 is 2.92 bits per heavy atom. The molecular weight excluding hydrogens is 258 g/mol. The predicted octanol–water partition coefficient (Wildman–Crippen LogP) is 4.02. The number of rotatable bonds is 0. The van der Waals surface area contributed by atoms with Gasteiger partial charge in [0.15, 0.2) is 0 Å². The Kier molecular flexibility index (Phi) is 2.10. The second-order valence-corrected chi connectivity index (χ2v) is 4.90. The van der Waals surface area contributed by atoms with Gasteiger partial charge in [0.25, 0.3) is 0 Å². The number of benzene rings is 1. The first-order valence-corrected chi connectivity index (χ1v) is 5.38. The molecule has 0 amide bonds. The third-order valence-electron chi connectivity index (χ3n) is 1.55. The molecule has 0 aliphatic rings. The molecule has 0 fully saturated rings. The van der Waals surface area contributed by atoms with Crippen LogP contribution in [0.3, 0.4) is 0 Å². The fraction of sp³-hybridized carbons (Fsp3) is 0.125. The third kappa shape index (κ3) is 1.26. The molecule has 0 saturated carbocycles. The number of halogens is 2. The smallest absolute Gasteiger partial charge is 0.0972 e. The fourth-order valence-electron chi connectivity index (χ4n) is 1.05. The van der Waals surface area contributed by atoms with Gasteiger partial charge >= 0.3 is 0 Å². The Morgan fingerprint density at radius 1 is 1.50 bits per heavy atom. The van der Waals surface area contributed by atoms with E-state index in [0.717, 1.165) is 24.7 Å². The fourth-order valence-corrected chi connectivity index (χ4v) is 2.72. The van der Waals surface area contributed by atoms with E-state index in [9.17, 15) is 0 Å². The maximum atomic E-state index is 5.99. The molecule has 1 heterocycles. The molecule has 0 saturated heterocycles. The Hall–Kier alpha value is -0.120. The molecule has 1 aromatic heterocycles. The van der Waals surface area contributed by atoms with Crippen LogP contribution in [0.4, 0.5) is 0 Å². The van der Waals surface area contributed by atoms with Crippen LogP contribution in [0.25, 0.3) is 10.2 Å². The minimum Gasteiger partial charge on any atom is -0.240 e. The average Bonchev–Trinajstić information content (AvgIpc) is 2.41. The van der Waals surface area contributed by atoms with Gasteiger partial charge in [-0.2, -0.15) is 0 Å². The van der Waals surface area contributed by atoms with Crippen molar-refractivity contribution in [2.24, 2.45) is 0 Å². The quantitative estimate of drug-likeness (QED) is 0.699. The van der Waals surface area contributed by atoms with Gasteiger partial charge in [-0.15, -0.1) is 11.3 Å². The Bertz CT molecular complexity index is 399. The molecule has 0 aliphatic heterocycles. The number of nitrogens with zero attached hydrogens (tertiary/aromatic N) is 1. The van der Waals surface area contributed by atoms with Crippen LogP contribution in [-0.4, -0.2) is 4.98 Å². The van der Waals surface area contributed by atoms with E-state index in [2.05, 4.69) is 20.9 Å². The molecule has 4 heteroatoms. The molecule has 2 aromatic rings. The van der Waals surface area contributed by atoms with Crippen molar-refractivity contribution in [2.75, 3.05) is 0 Å². The van der Waals surface area contributed by atoms with E-state index in [0.29, 0.717) is 0 Å². The summed E-state index contributed by atoms with van der Waals surface area (Å²) in [5, 5.41) is 1.82. The van der Waals surface area contributed by atoms with Gasteiger partial charge < -0.3 is 0 Å². The molecule has 0 unspecified atom stereocenters. The van der Waals surface area contributed by atoms with Crippen LogP contribution in [0.1, 0.15) is 5.01 Å². The van der Waals surface area contributed by atoms with Gasteiger partial charge in [0.05, 0.1) is 20.2 Å². The zero-order chi connectivity index (χ0) is 8.72. The second kappa shape index (κ2) is 2.98. The summed E-state index contributed by atoms with van der Waals surface area (Å²) in [6, 6.07) is 3.80. The first-order chi connectivity index (χ1) is 5.68. The highest BCUT2D eigenvalue weighted by molar-refractivity contribution is 9.10. The third-order valence-corrected chi connectivity index (χ3v) is 3.62. The summed E-state index contributed by atoms with van der Waals surface area (Å²) < 4.78 is 2.06. The number of thiazole rings is 1. The molecule has 0 spiro atoms. The van der Waals surface area contributed by atoms with E-state index in [-0.39, 0.29) is 0 Å². The van der Waals surface area contributed by atoms with Crippen LogP contribution >= 0.6 is 38.9 Å². The van der Waals surface area contributed by atoms with Crippen molar-refractivity contribution < 1.29 is 0 Å². The molecule has 0 bridgehead atoms. The lowest BCUT2D eigenvalue weighted by molar-refractivity contribution is 1.34. The Balaban J connectivity index is 2.93. The van der Waals surface area contributed by atoms with Crippen molar-refractivity contribution in [3.8, 4) is 0 Å². The Labute approximate surface area is 87.5 Å². The van der Waals surface area contributed by atoms with Crippen LogP contribution in [0.15, 0.2) is 16.6 Å². The molecule has 62 valence electrons. The van der Waals surface area contributed by atoms with Crippen molar-refractivity contribution in [2.45, 2.75) is 6.92 Å². The van der Waals surface area contributed by atoms with Crippen LogP contribution in [0.2, 0.25) is 5.02 Å². The summed E-state index contributed by atoms with van der Waals surface area (Å²) in [6.07, 6.45) is 0. The normalized spacial score (nSPS) is 10.9. The number of hydrogen-bond acceptors (Lipinski definition) is 2. The van der Waals surface area contributed by atoms with Gasteiger partial charge in [-0.3, -0.25) is 0 Å². The van der Waals surface area contributed by atoms with Gasteiger partial charge in [-0.1, -0.05) is 11.6 Å². The molecular formula is C8H5BrClNS. The van der Waals surface area contributed by atoms with E-state index in [1.165, 1.54) is 0 Å². The summed E-state index contributed by atoms with van der Waals surface area (Å²) in [4.78, 5) is 4.36. The SMILES string of the molecule is Cc1nc2c(Br)ccc(Cl)c2s1. The molecule has 12 heavy (non-hydrogen) atoms. The lowest BCUT2D eigenvalue weighted by Gasteiger charge is -1.93. The van der Waals surface area contributed by atoms with Gasteiger partial charge in [-0.05, 0) is 35.0 Å². The highest BCUT2D eigenvalue weighted by Gasteiger charge is 2.07. The van der Waals surface area contributed by atoms with Gasteiger partial charge in [0.2, 0.25) is 0 Å². The highest BCUT2D eigenvalue weighted by atomic mass is 79.9. The van der Waals surface area contributed by atoms with E-state index >= 15 is 0 Å². The summed E-state index contributed by atoms with van der Waals surface area (Å²) in [5.41, 5.74) is 0.963. The second-order valence-electron chi connectivity index (χ2n) is 2.44. The van der Waals surface area contributed by atoms with E-state index < -0.39 is 0 Å². The zero-order valence-corrected chi connectivity index (χ0v) is 9.42. The highest BCUT2D eigenvalue weighted by Crippen LogP contribution is 2.33. The Morgan fingerprint density at radius 2 is 2.25 bits per heavy atom. The lowest BCUT2D eigenvalue weighted by atomic mass is 10.3. The van der Waals surface area contributed by atoms with Gasteiger partial charge in [0.1, 0.15) is 0 Å².